The number of nitrogens with zero attached hydrogens (tertiary/aromatic N) is 1. The highest BCUT2D eigenvalue weighted by molar-refractivity contribution is 5.14. The molecule has 1 aromatic carbocycles. The highest BCUT2D eigenvalue weighted by Crippen LogP contribution is 2.04. The molecule has 0 aliphatic carbocycles. The molecule has 0 amide bonds. The Balaban J connectivity index is 0.000000186. The minimum absolute atomic E-state index is 1.10. The molecule has 0 spiro atoms. The Morgan fingerprint density at radius 2 is 1.26 bits per heavy atom. The number of nitrogens with one attached hydrogen (secondary N) is 3. The van der Waals surface area contributed by atoms with Crippen molar-refractivity contribution in [3.05, 3.63) is 35.9 Å². The lowest BCUT2D eigenvalue weighted by Crippen LogP contribution is -2.42. The van der Waals surface area contributed by atoms with Gasteiger partial charge in [0, 0.05) is 58.9 Å². The second-order valence-corrected chi connectivity index (χ2v) is 5.01. The summed E-state index contributed by atoms with van der Waals surface area (Å²) in [5.74, 6) is 0. The van der Waals surface area contributed by atoms with E-state index >= 15 is 0 Å². The lowest BCUT2D eigenvalue weighted by molar-refractivity contribution is 0.233. The van der Waals surface area contributed by atoms with E-state index in [1.165, 1.54) is 18.7 Å². The van der Waals surface area contributed by atoms with Gasteiger partial charge in [0.25, 0.3) is 0 Å². The molecule has 2 saturated heterocycles. The SMILES string of the molecule is C1CNCCN1.c1ccc(CN2CCNCC2)cc1. The summed E-state index contributed by atoms with van der Waals surface area (Å²) in [5, 5.41) is 9.80. The first-order valence-electron chi connectivity index (χ1n) is 7.33. The van der Waals surface area contributed by atoms with Gasteiger partial charge in [0.05, 0.1) is 0 Å². The number of piperazine rings is 2. The zero-order chi connectivity index (χ0) is 13.2. The van der Waals surface area contributed by atoms with Gasteiger partial charge in [-0.3, -0.25) is 4.90 Å². The molecular formula is C15H26N4. The van der Waals surface area contributed by atoms with E-state index in [1.807, 2.05) is 0 Å². The molecule has 4 nitrogen and oxygen atoms in total. The van der Waals surface area contributed by atoms with Crippen LogP contribution in [0.5, 0.6) is 0 Å². The van der Waals surface area contributed by atoms with Crippen LogP contribution in [0.1, 0.15) is 5.56 Å². The molecule has 0 saturated carbocycles. The van der Waals surface area contributed by atoms with Gasteiger partial charge >= 0.3 is 0 Å². The molecule has 3 N–H and O–H groups in total. The van der Waals surface area contributed by atoms with Crippen LogP contribution in [0.2, 0.25) is 0 Å². The summed E-state index contributed by atoms with van der Waals surface area (Å²) in [4.78, 5) is 2.49. The van der Waals surface area contributed by atoms with Gasteiger partial charge in [-0.05, 0) is 5.56 Å². The second kappa shape index (κ2) is 9.04. The van der Waals surface area contributed by atoms with Gasteiger partial charge in [-0.1, -0.05) is 30.3 Å². The van der Waals surface area contributed by atoms with Crippen molar-refractivity contribution in [1.82, 2.24) is 20.9 Å². The lowest BCUT2D eigenvalue weighted by atomic mass is 10.2. The van der Waals surface area contributed by atoms with E-state index in [-0.39, 0.29) is 0 Å². The Morgan fingerprint density at radius 1 is 0.737 bits per heavy atom. The van der Waals surface area contributed by atoms with E-state index in [4.69, 9.17) is 0 Å². The molecule has 0 bridgehead atoms. The van der Waals surface area contributed by atoms with E-state index in [0.717, 1.165) is 45.8 Å². The first-order chi connectivity index (χ1) is 9.45. The van der Waals surface area contributed by atoms with Gasteiger partial charge in [-0.25, -0.2) is 0 Å². The predicted molar refractivity (Wildman–Crippen MR) is 80.3 cm³/mol. The third-order valence-electron chi connectivity index (χ3n) is 3.42. The maximum Gasteiger partial charge on any atom is 0.0234 e. The summed E-state index contributed by atoms with van der Waals surface area (Å²) in [7, 11) is 0. The Kier molecular flexibility index (Phi) is 6.89. The fraction of sp³-hybridized carbons (Fsp3) is 0.600. The largest absolute Gasteiger partial charge is 0.314 e. The molecule has 2 aliphatic rings. The molecular weight excluding hydrogens is 236 g/mol. The number of hydrogen-bond donors (Lipinski definition) is 3. The second-order valence-electron chi connectivity index (χ2n) is 5.01. The molecule has 106 valence electrons. The standard InChI is InChI=1S/C11H16N2.C4H10N2/c1-2-4-11(5-3-1)10-13-8-6-12-7-9-13;1-2-6-4-3-5-1/h1-5,12H,6-10H2;5-6H,1-4H2. The summed E-state index contributed by atoms with van der Waals surface area (Å²) in [6, 6.07) is 10.7. The molecule has 1 aromatic rings. The van der Waals surface area contributed by atoms with Crippen molar-refractivity contribution in [1.29, 1.82) is 0 Å². The minimum atomic E-state index is 1.10. The molecule has 2 aliphatic heterocycles. The van der Waals surface area contributed by atoms with Crippen LogP contribution in [0.3, 0.4) is 0 Å². The smallest absolute Gasteiger partial charge is 0.0234 e. The third-order valence-corrected chi connectivity index (χ3v) is 3.42. The van der Waals surface area contributed by atoms with Crippen LogP contribution >= 0.6 is 0 Å². The Labute approximate surface area is 116 Å². The lowest BCUT2D eigenvalue weighted by Gasteiger charge is -2.27. The van der Waals surface area contributed by atoms with Crippen molar-refractivity contribution in [2.45, 2.75) is 6.54 Å². The monoisotopic (exact) mass is 262 g/mol. The molecule has 0 radical (unpaired) electrons. The van der Waals surface area contributed by atoms with Gasteiger partial charge in [-0.2, -0.15) is 0 Å². The highest BCUT2D eigenvalue weighted by atomic mass is 15.2. The van der Waals surface area contributed by atoms with Crippen LogP contribution in [0.25, 0.3) is 0 Å². The third kappa shape index (κ3) is 6.16. The van der Waals surface area contributed by atoms with E-state index in [0.29, 0.717) is 0 Å². The molecule has 4 heteroatoms. The molecule has 2 heterocycles. The quantitative estimate of drug-likeness (QED) is 0.715. The van der Waals surface area contributed by atoms with E-state index in [1.54, 1.807) is 0 Å². The van der Waals surface area contributed by atoms with Crippen LogP contribution in [0, 0.1) is 0 Å². The van der Waals surface area contributed by atoms with Crippen molar-refractivity contribution >= 4 is 0 Å². The molecule has 3 rings (SSSR count). The molecule has 2 fully saturated rings. The minimum Gasteiger partial charge on any atom is -0.314 e. The normalized spacial score (nSPS) is 20.4. The zero-order valence-corrected chi connectivity index (χ0v) is 11.7. The number of rotatable bonds is 2. The van der Waals surface area contributed by atoms with E-state index in [9.17, 15) is 0 Å². The summed E-state index contributed by atoms with van der Waals surface area (Å²) < 4.78 is 0. The van der Waals surface area contributed by atoms with Gasteiger partial charge in [0.15, 0.2) is 0 Å². The molecule has 0 unspecified atom stereocenters. The van der Waals surface area contributed by atoms with Crippen LogP contribution in [-0.2, 0) is 6.54 Å². The Morgan fingerprint density at radius 3 is 1.79 bits per heavy atom. The summed E-state index contributed by atoms with van der Waals surface area (Å²) in [5.41, 5.74) is 1.42. The molecule has 0 atom stereocenters. The van der Waals surface area contributed by atoms with Crippen LogP contribution in [0.4, 0.5) is 0 Å². The van der Waals surface area contributed by atoms with Crippen molar-refractivity contribution in [3.63, 3.8) is 0 Å². The fourth-order valence-electron chi connectivity index (χ4n) is 2.31. The zero-order valence-electron chi connectivity index (χ0n) is 11.7. The van der Waals surface area contributed by atoms with Crippen LogP contribution < -0.4 is 16.0 Å². The fourth-order valence-corrected chi connectivity index (χ4v) is 2.31. The Hall–Kier alpha value is -0.940. The van der Waals surface area contributed by atoms with E-state index in [2.05, 4.69) is 51.2 Å². The van der Waals surface area contributed by atoms with Crippen LogP contribution in [-0.4, -0.2) is 57.3 Å². The van der Waals surface area contributed by atoms with Crippen LogP contribution in [0.15, 0.2) is 30.3 Å². The maximum atomic E-state index is 3.36. The Bertz CT molecular complexity index is 307. The highest BCUT2D eigenvalue weighted by Gasteiger charge is 2.08. The van der Waals surface area contributed by atoms with Crippen molar-refractivity contribution in [2.75, 3.05) is 52.4 Å². The van der Waals surface area contributed by atoms with E-state index < -0.39 is 0 Å². The van der Waals surface area contributed by atoms with Gasteiger partial charge < -0.3 is 16.0 Å². The average molecular weight is 262 g/mol. The van der Waals surface area contributed by atoms with Gasteiger partial charge in [-0.15, -0.1) is 0 Å². The summed E-state index contributed by atoms with van der Waals surface area (Å²) in [6.07, 6.45) is 0. The van der Waals surface area contributed by atoms with Crippen molar-refractivity contribution in [3.8, 4) is 0 Å². The average Bonchev–Trinajstić information content (AvgIpc) is 2.52. The first kappa shape index (κ1) is 14.5. The number of hydrogen-bond acceptors (Lipinski definition) is 4. The molecule has 0 aromatic heterocycles. The van der Waals surface area contributed by atoms with Crippen molar-refractivity contribution in [2.24, 2.45) is 0 Å². The number of benzene rings is 1. The topological polar surface area (TPSA) is 39.3 Å². The maximum absolute atomic E-state index is 3.36. The van der Waals surface area contributed by atoms with Gasteiger partial charge in [0.2, 0.25) is 0 Å². The molecule has 19 heavy (non-hydrogen) atoms. The first-order valence-corrected chi connectivity index (χ1v) is 7.33. The predicted octanol–water partition coefficient (Wildman–Crippen LogP) is 0.271. The summed E-state index contributed by atoms with van der Waals surface area (Å²) in [6.45, 7) is 10.3. The summed E-state index contributed by atoms with van der Waals surface area (Å²) >= 11 is 0. The van der Waals surface area contributed by atoms with Crippen molar-refractivity contribution < 1.29 is 0 Å². The van der Waals surface area contributed by atoms with Gasteiger partial charge in [0.1, 0.15) is 0 Å².